The van der Waals surface area contributed by atoms with E-state index in [4.69, 9.17) is 13.9 Å². The summed E-state index contributed by atoms with van der Waals surface area (Å²) >= 11 is 0. The molecule has 1 heterocycles. The Labute approximate surface area is 220 Å². The second-order valence-corrected chi connectivity index (χ2v) is 8.04. The summed E-state index contributed by atoms with van der Waals surface area (Å²) in [6.45, 7) is -0.301. The molecule has 0 spiro atoms. The minimum absolute atomic E-state index is 0.0334. The van der Waals surface area contributed by atoms with Crippen LogP contribution < -0.4 is 20.1 Å². The number of aromatic nitrogens is 2. The van der Waals surface area contributed by atoms with Gasteiger partial charge in [-0.25, -0.2) is 9.18 Å². The number of carbonyl (C=O) groups is 1. The summed E-state index contributed by atoms with van der Waals surface area (Å²) in [5.74, 6) is -0.348. The van der Waals surface area contributed by atoms with Gasteiger partial charge in [0.05, 0.1) is 18.2 Å². The molecule has 210 valence electrons. The summed E-state index contributed by atoms with van der Waals surface area (Å²) < 4.78 is 108. The minimum atomic E-state index is -5.09. The fourth-order valence-electron chi connectivity index (χ4n) is 3.32. The van der Waals surface area contributed by atoms with Crippen LogP contribution in [0.4, 0.5) is 46.9 Å². The van der Waals surface area contributed by atoms with E-state index in [1.807, 2.05) is 5.32 Å². The lowest BCUT2D eigenvalue weighted by molar-refractivity contribution is -0.143. The fraction of sp³-hybridized carbons (Fsp3) is 0.160. The maximum absolute atomic E-state index is 14.5. The molecule has 1 aromatic heterocycles. The third kappa shape index (κ3) is 6.98. The van der Waals surface area contributed by atoms with Gasteiger partial charge in [-0.1, -0.05) is 0 Å². The van der Waals surface area contributed by atoms with Crippen molar-refractivity contribution in [3.63, 3.8) is 0 Å². The Bertz CT molecular complexity index is 1470. The molecule has 2 N–H and O–H groups in total. The summed E-state index contributed by atoms with van der Waals surface area (Å²) in [5, 5.41) is 11.7. The Morgan fingerprint density at radius 1 is 0.850 bits per heavy atom. The molecule has 0 bridgehead atoms. The van der Waals surface area contributed by atoms with Crippen LogP contribution >= 0.6 is 0 Å². The van der Waals surface area contributed by atoms with Crippen molar-refractivity contribution in [3.05, 3.63) is 83.5 Å². The molecule has 0 aliphatic carbocycles. The van der Waals surface area contributed by atoms with Gasteiger partial charge in [-0.3, -0.25) is 0 Å². The minimum Gasteiger partial charge on any atom is -0.497 e. The van der Waals surface area contributed by atoms with Gasteiger partial charge in [-0.2, -0.15) is 26.3 Å². The summed E-state index contributed by atoms with van der Waals surface area (Å²) in [6, 6.07) is 9.33. The second kappa shape index (κ2) is 11.1. The van der Waals surface area contributed by atoms with Crippen molar-refractivity contribution in [2.24, 2.45) is 0 Å². The zero-order chi connectivity index (χ0) is 29.1. The molecular formula is C25H17F7N4O4. The van der Waals surface area contributed by atoms with Crippen molar-refractivity contribution in [2.75, 3.05) is 17.7 Å². The number of hydrogen-bond donors (Lipinski definition) is 2. The third-order valence-electron chi connectivity index (χ3n) is 5.19. The van der Waals surface area contributed by atoms with Crippen molar-refractivity contribution in [3.8, 4) is 23.0 Å². The van der Waals surface area contributed by atoms with Gasteiger partial charge in [0.2, 0.25) is 5.89 Å². The van der Waals surface area contributed by atoms with Crippen LogP contribution in [0.1, 0.15) is 17.0 Å². The average molecular weight is 570 g/mol. The highest BCUT2D eigenvalue weighted by Gasteiger charge is 2.37. The van der Waals surface area contributed by atoms with Gasteiger partial charge in [-0.05, 0) is 54.6 Å². The molecule has 15 heteroatoms. The van der Waals surface area contributed by atoms with Crippen LogP contribution in [0.5, 0.6) is 11.5 Å². The van der Waals surface area contributed by atoms with E-state index in [-0.39, 0.29) is 35.9 Å². The Morgan fingerprint density at radius 2 is 1.48 bits per heavy atom. The Hall–Kier alpha value is -4.82. The number of alkyl halides is 6. The fourth-order valence-corrected chi connectivity index (χ4v) is 3.32. The Morgan fingerprint density at radius 3 is 2.05 bits per heavy atom. The van der Waals surface area contributed by atoms with Crippen LogP contribution in [0.2, 0.25) is 0 Å². The largest absolute Gasteiger partial charge is 0.497 e. The van der Waals surface area contributed by atoms with E-state index < -0.39 is 41.0 Å². The van der Waals surface area contributed by atoms with Crippen LogP contribution in [-0.4, -0.2) is 23.3 Å². The lowest BCUT2D eigenvalue weighted by atomic mass is 10.1. The lowest BCUT2D eigenvalue weighted by Gasteiger charge is -2.15. The van der Waals surface area contributed by atoms with E-state index in [0.29, 0.717) is 23.4 Å². The van der Waals surface area contributed by atoms with E-state index in [0.717, 1.165) is 12.1 Å². The number of urea groups is 1. The first-order valence-corrected chi connectivity index (χ1v) is 11.1. The van der Waals surface area contributed by atoms with Crippen molar-refractivity contribution in [1.82, 2.24) is 10.2 Å². The number of carbonyl (C=O) groups excluding carboxylic acids is 1. The number of nitrogens with zero attached hydrogens (tertiary/aromatic N) is 2. The van der Waals surface area contributed by atoms with Crippen molar-refractivity contribution >= 4 is 17.4 Å². The third-order valence-corrected chi connectivity index (χ3v) is 5.19. The number of amides is 2. The first kappa shape index (κ1) is 28.2. The molecule has 40 heavy (non-hydrogen) atoms. The molecule has 0 radical (unpaired) electrons. The predicted octanol–water partition coefficient (Wildman–Crippen LogP) is 7.14. The normalized spacial score (nSPS) is 11.7. The van der Waals surface area contributed by atoms with Crippen molar-refractivity contribution in [2.45, 2.75) is 19.0 Å². The highest BCUT2D eigenvalue weighted by Crippen LogP contribution is 2.37. The van der Waals surface area contributed by atoms with Gasteiger partial charge < -0.3 is 24.5 Å². The van der Waals surface area contributed by atoms with Crippen molar-refractivity contribution < 1.29 is 49.4 Å². The lowest BCUT2D eigenvalue weighted by Crippen LogP contribution is -2.21. The van der Waals surface area contributed by atoms with Crippen LogP contribution in [0, 0.1) is 5.82 Å². The predicted molar refractivity (Wildman–Crippen MR) is 126 cm³/mol. The number of anilines is 2. The van der Waals surface area contributed by atoms with Crippen LogP contribution in [-0.2, 0) is 19.0 Å². The first-order valence-electron chi connectivity index (χ1n) is 11.1. The van der Waals surface area contributed by atoms with E-state index in [1.54, 1.807) is 24.3 Å². The maximum Gasteiger partial charge on any atom is 0.416 e. The van der Waals surface area contributed by atoms with Gasteiger partial charge in [0.1, 0.15) is 5.75 Å². The van der Waals surface area contributed by atoms with E-state index >= 15 is 0 Å². The number of rotatable bonds is 7. The summed E-state index contributed by atoms with van der Waals surface area (Å²) in [4.78, 5) is 12.2. The molecule has 0 saturated carbocycles. The molecule has 8 nitrogen and oxygen atoms in total. The number of nitrogens with one attached hydrogen (secondary N) is 2. The SMILES string of the molecule is COc1ccc(-c2nnc(COc3ccc(NC(=O)Nc4cc(C(F)(F)F)cc(C(F)(F)F)c4)cc3F)o2)cc1. The van der Waals surface area contributed by atoms with Gasteiger partial charge in [0.15, 0.2) is 18.2 Å². The molecule has 0 fully saturated rings. The van der Waals surface area contributed by atoms with Gasteiger partial charge in [0, 0.05) is 23.0 Å². The molecule has 0 aliphatic heterocycles. The first-order chi connectivity index (χ1) is 18.8. The maximum atomic E-state index is 14.5. The monoisotopic (exact) mass is 570 g/mol. The van der Waals surface area contributed by atoms with E-state index in [9.17, 15) is 35.5 Å². The molecule has 0 unspecified atom stereocenters. The molecule has 3 aromatic carbocycles. The summed E-state index contributed by atoms with van der Waals surface area (Å²) in [5.41, 5.74) is -3.54. The van der Waals surface area contributed by atoms with Gasteiger partial charge >= 0.3 is 18.4 Å². The zero-order valence-corrected chi connectivity index (χ0v) is 20.2. The zero-order valence-electron chi connectivity index (χ0n) is 20.2. The Kier molecular flexibility index (Phi) is 7.84. The molecular weight excluding hydrogens is 553 g/mol. The average Bonchev–Trinajstić information content (AvgIpc) is 3.36. The summed E-state index contributed by atoms with van der Waals surface area (Å²) in [7, 11) is 1.52. The second-order valence-electron chi connectivity index (χ2n) is 8.04. The highest BCUT2D eigenvalue weighted by molar-refractivity contribution is 5.99. The smallest absolute Gasteiger partial charge is 0.416 e. The molecule has 4 aromatic rings. The topological polar surface area (TPSA) is 98.5 Å². The number of hydrogen-bond acceptors (Lipinski definition) is 6. The molecule has 0 atom stereocenters. The number of methoxy groups -OCH3 is 1. The quantitative estimate of drug-likeness (QED) is 0.229. The van der Waals surface area contributed by atoms with E-state index in [1.165, 1.54) is 13.2 Å². The molecule has 2 amide bonds. The summed E-state index contributed by atoms with van der Waals surface area (Å²) in [6.07, 6.45) is -10.2. The number of ether oxygens (including phenoxy) is 2. The molecule has 0 aliphatic rings. The molecule has 4 rings (SSSR count). The molecule has 0 saturated heterocycles. The van der Waals surface area contributed by atoms with E-state index in [2.05, 4.69) is 15.5 Å². The van der Waals surface area contributed by atoms with Crippen molar-refractivity contribution in [1.29, 1.82) is 0 Å². The highest BCUT2D eigenvalue weighted by atomic mass is 19.4. The van der Waals surface area contributed by atoms with Crippen LogP contribution in [0.15, 0.2) is 65.1 Å². The van der Waals surface area contributed by atoms with Crippen LogP contribution in [0.3, 0.4) is 0 Å². The Balaban J connectivity index is 1.38. The van der Waals surface area contributed by atoms with Crippen LogP contribution in [0.25, 0.3) is 11.5 Å². The van der Waals surface area contributed by atoms with Gasteiger partial charge in [0.25, 0.3) is 5.89 Å². The standard InChI is InChI=1S/C25H17F7N4O4/c1-38-18-5-2-13(3-6-18)22-36-35-21(40-22)12-39-20-7-4-16(11-19(20)26)33-23(37)34-17-9-14(24(27,28)29)8-15(10-17)25(30,31)32/h2-11H,12H2,1H3,(H2,33,34,37). The number of benzene rings is 3. The number of halogens is 7. The van der Waals surface area contributed by atoms with Gasteiger partial charge in [-0.15, -0.1) is 10.2 Å².